The second-order valence-electron chi connectivity index (χ2n) is 13.5. The van der Waals surface area contributed by atoms with Crippen molar-refractivity contribution in [3.05, 3.63) is 176 Å². The molecule has 0 atom stereocenters. The van der Waals surface area contributed by atoms with Gasteiger partial charge in [-0.05, 0) is 115 Å². The van der Waals surface area contributed by atoms with Gasteiger partial charge in [0.25, 0.3) is 0 Å². The van der Waals surface area contributed by atoms with Crippen LogP contribution in [0.3, 0.4) is 0 Å². The minimum Gasteiger partial charge on any atom is -0.306 e. The Hall–Kier alpha value is -6.71. The molecule has 238 valence electrons. The van der Waals surface area contributed by atoms with Crippen molar-refractivity contribution in [3.63, 3.8) is 0 Å². The summed E-state index contributed by atoms with van der Waals surface area (Å²) in [7, 11) is 0. The lowest BCUT2D eigenvalue weighted by atomic mass is 9.83. The second-order valence-corrected chi connectivity index (χ2v) is 13.5. The van der Waals surface area contributed by atoms with Crippen molar-refractivity contribution >= 4 is 71.2 Å². The topological polar surface area (TPSA) is 21.1 Å². The molecule has 2 heterocycles. The molecule has 0 amide bonds. The zero-order chi connectivity index (χ0) is 33.6. The fourth-order valence-corrected chi connectivity index (χ4v) is 8.72. The van der Waals surface area contributed by atoms with E-state index in [4.69, 9.17) is 4.98 Å². The fraction of sp³-hybridized carbons (Fsp3) is 0.0208. The molecule has 51 heavy (non-hydrogen) atoms. The summed E-state index contributed by atoms with van der Waals surface area (Å²) < 4.78 is 2.33. The molecule has 3 nitrogen and oxygen atoms in total. The molecule has 0 saturated heterocycles. The Labute approximate surface area is 295 Å². The standard InChI is InChI=1S/C48H31N3/c1-30-49-42-24-13-25-44-48(42)50(30)43-27-26-32(29-45(43)51(44)33-15-3-2-4-16-33)46-37-20-9-11-22-39(37)47(40-23-12-10-21-38(40)46)41-28-31-14-5-6-17-34(31)35-18-7-8-19-36(35)41/h2-29H,1H3. The Morgan fingerprint density at radius 2 is 1.04 bits per heavy atom. The van der Waals surface area contributed by atoms with Gasteiger partial charge in [0.05, 0.1) is 28.1 Å². The van der Waals surface area contributed by atoms with E-state index in [0.29, 0.717) is 0 Å². The number of imidazole rings is 1. The predicted molar refractivity (Wildman–Crippen MR) is 215 cm³/mol. The van der Waals surface area contributed by atoms with Gasteiger partial charge in [-0.25, -0.2) is 4.98 Å². The fourth-order valence-electron chi connectivity index (χ4n) is 8.72. The first-order valence-corrected chi connectivity index (χ1v) is 17.6. The highest BCUT2D eigenvalue weighted by Gasteiger charge is 2.29. The molecule has 10 aromatic rings. The number of aryl methyl sites for hydroxylation is 1. The lowest BCUT2D eigenvalue weighted by molar-refractivity contribution is 0.982. The molecule has 1 aromatic heterocycles. The summed E-state index contributed by atoms with van der Waals surface area (Å²) in [6.07, 6.45) is 0. The van der Waals surface area contributed by atoms with Crippen LogP contribution in [0.2, 0.25) is 0 Å². The summed E-state index contributed by atoms with van der Waals surface area (Å²) in [6.45, 7) is 2.11. The average Bonchev–Trinajstić information content (AvgIpc) is 3.53. The van der Waals surface area contributed by atoms with E-state index in [1.54, 1.807) is 0 Å². The number of hydrogen-bond acceptors (Lipinski definition) is 2. The normalized spacial score (nSPS) is 12.4. The number of rotatable bonds is 3. The maximum absolute atomic E-state index is 4.99. The van der Waals surface area contributed by atoms with Crippen molar-refractivity contribution in [2.45, 2.75) is 6.92 Å². The van der Waals surface area contributed by atoms with Gasteiger partial charge in [-0.3, -0.25) is 4.57 Å². The van der Waals surface area contributed by atoms with Gasteiger partial charge < -0.3 is 4.90 Å². The number of nitrogens with zero attached hydrogens (tertiary/aromatic N) is 3. The van der Waals surface area contributed by atoms with Crippen LogP contribution in [-0.4, -0.2) is 9.55 Å². The molecule has 0 fully saturated rings. The van der Waals surface area contributed by atoms with E-state index in [2.05, 4.69) is 186 Å². The van der Waals surface area contributed by atoms with Crippen molar-refractivity contribution in [2.75, 3.05) is 4.90 Å². The largest absolute Gasteiger partial charge is 0.306 e. The van der Waals surface area contributed by atoms with Crippen LogP contribution in [0.5, 0.6) is 0 Å². The number of benzene rings is 9. The Morgan fingerprint density at radius 3 is 1.76 bits per heavy atom. The van der Waals surface area contributed by atoms with E-state index in [9.17, 15) is 0 Å². The van der Waals surface area contributed by atoms with Crippen LogP contribution in [0.25, 0.3) is 82.1 Å². The van der Waals surface area contributed by atoms with Gasteiger partial charge in [0.15, 0.2) is 0 Å². The van der Waals surface area contributed by atoms with Gasteiger partial charge in [0, 0.05) is 5.69 Å². The summed E-state index contributed by atoms with van der Waals surface area (Å²) >= 11 is 0. The van der Waals surface area contributed by atoms with Gasteiger partial charge >= 0.3 is 0 Å². The van der Waals surface area contributed by atoms with Crippen LogP contribution >= 0.6 is 0 Å². The average molecular weight is 650 g/mol. The van der Waals surface area contributed by atoms with Gasteiger partial charge in [-0.2, -0.15) is 0 Å². The molecule has 1 aliphatic heterocycles. The van der Waals surface area contributed by atoms with Crippen LogP contribution in [0.15, 0.2) is 170 Å². The number of aromatic nitrogens is 2. The van der Waals surface area contributed by atoms with Gasteiger partial charge in [0.1, 0.15) is 5.82 Å². The van der Waals surface area contributed by atoms with Crippen LogP contribution in [0.1, 0.15) is 5.82 Å². The molecule has 0 radical (unpaired) electrons. The molecule has 1 aliphatic rings. The first-order chi connectivity index (χ1) is 25.2. The van der Waals surface area contributed by atoms with Crippen molar-refractivity contribution in [1.82, 2.24) is 9.55 Å². The molecule has 0 N–H and O–H groups in total. The number of hydrogen-bond donors (Lipinski definition) is 0. The number of anilines is 3. The molecule has 0 bridgehead atoms. The Morgan fingerprint density at radius 1 is 0.431 bits per heavy atom. The highest BCUT2D eigenvalue weighted by atomic mass is 15.2. The summed E-state index contributed by atoms with van der Waals surface area (Å²) in [5.41, 5.74) is 11.7. The van der Waals surface area contributed by atoms with Crippen molar-refractivity contribution in [2.24, 2.45) is 0 Å². The first-order valence-electron chi connectivity index (χ1n) is 17.6. The Bertz CT molecular complexity index is 2990. The zero-order valence-electron chi connectivity index (χ0n) is 28.0. The molecule has 11 rings (SSSR count). The molecule has 0 saturated carbocycles. The zero-order valence-corrected chi connectivity index (χ0v) is 28.0. The van der Waals surface area contributed by atoms with E-state index in [0.717, 1.165) is 39.6 Å². The Balaban J connectivity index is 1.23. The third-order valence-electron chi connectivity index (χ3n) is 10.8. The summed E-state index contributed by atoms with van der Waals surface area (Å²) in [4.78, 5) is 7.39. The molecule has 0 unspecified atom stereocenters. The van der Waals surface area contributed by atoms with Gasteiger partial charge in [-0.1, -0.05) is 127 Å². The quantitative estimate of drug-likeness (QED) is 0.140. The minimum atomic E-state index is 0.988. The monoisotopic (exact) mass is 649 g/mol. The van der Waals surface area contributed by atoms with E-state index in [-0.39, 0.29) is 0 Å². The number of fused-ring (bicyclic) bond motifs is 7. The highest BCUT2D eigenvalue weighted by molar-refractivity contribution is 6.26. The lowest BCUT2D eigenvalue weighted by Gasteiger charge is -2.33. The van der Waals surface area contributed by atoms with E-state index < -0.39 is 0 Å². The molecule has 9 aromatic carbocycles. The van der Waals surface area contributed by atoms with E-state index >= 15 is 0 Å². The highest BCUT2D eigenvalue weighted by Crippen LogP contribution is 2.51. The molecule has 0 aliphatic carbocycles. The molecule has 0 spiro atoms. The smallest absolute Gasteiger partial charge is 0.111 e. The van der Waals surface area contributed by atoms with Crippen molar-refractivity contribution in [3.8, 4) is 27.9 Å². The van der Waals surface area contributed by atoms with Gasteiger partial charge in [0.2, 0.25) is 0 Å². The van der Waals surface area contributed by atoms with Crippen molar-refractivity contribution < 1.29 is 0 Å². The molecular formula is C48H31N3. The van der Waals surface area contributed by atoms with E-state index in [1.807, 2.05) is 0 Å². The van der Waals surface area contributed by atoms with Crippen LogP contribution < -0.4 is 4.90 Å². The second kappa shape index (κ2) is 10.6. The maximum Gasteiger partial charge on any atom is 0.111 e. The van der Waals surface area contributed by atoms with Crippen molar-refractivity contribution in [1.29, 1.82) is 0 Å². The molecular weight excluding hydrogens is 619 g/mol. The summed E-state index contributed by atoms with van der Waals surface area (Å²) in [5, 5.41) is 10.1. The molecule has 3 heteroatoms. The third-order valence-corrected chi connectivity index (χ3v) is 10.8. The van der Waals surface area contributed by atoms with E-state index in [1.165, 1.54) is 65.3 Å². The lowest BCUT2D eigenvalue weighted by Crippen LogP contribution is -2.18. The predicted octanol–water partition coefficient (Wildman–Crippen LogP) is 13.1. The summed E-state index contributed by atoms with van der Waals surface area (Å²) in [6, 6.07) is 62.1. The SMILES string of the molecule is Cc1nc2cccc3c2n1-c1ccc(-c2c4ccccc4c(-c4cc5ccccc5c5ccccc45)c4ccccc24)cc1N3c1ccccc1. The number of para-hydroxylation sites is 2. The van der Waals surface area contributed by atoms with Gasteiger partial charge in [-0.15, -0.1) is 0 Å². The van der Waals surface area contributed by atoms with Crippen LogP contribution in [0, 0.1) is 6.92 Å². The van der Waals surface area contributed by atoms with Crippen LogP contribution in [0.4, 0.5) is 17.1 Å². The Kier molecular flexibility index (Phi) is 5.88. The van der Waals surface area contributed by atoms with Crippen LogP contribution in [-0.2, 0) is 0 Å². The maximum atomic E-state index is 4.99. The minimum absolute atomic E-state index is 0.988. The third kappa shape index (κ3) is 3.97. The first kappa shape index (κ1) is 28.2. The summed E-state index contributed by atoms with van der Waals surface area (Å²) in [5.74, 6) is 0.988.